The predicted octanol–water partition coefficient (Wildman–Crippen LogP) is 1.70. The average molecular weight is 434 g/mol. The summed E-state index contributed by atoms with van der Waals surface area (Å²) in [5, 5.41) is 1.48. The van der Waals surface area contributed by atoms with Crippen molar-refractivity contribution in [2.45, 2.75) is 19.0 Å². The number of amides is 2. The molecule has 6 nitrogen and oxygen atoms in total. The number of hydrogen-bond donors (Lipinski definition) is 0. The molecule has 2 aliphatic rings. The molecule has 2 N–H and O–H groups in total. The fourth-order valence-corrected chi connectivity index (χ4v) is 1.76. The van der Waals surface area contributed by atoms with Crippen LogP contribution in [0.25, 0.3) is 11.7 Å². The monoisotopic (exact) mass is 433 g/mol. The zero-order valence-electron chi connectivity index (χ0n) is 7.35. The van der Waals surface area contributed by atoms with Crippen molar-refractivity contribution in [2.75, 3.05) is 0 Å². The predicted molar refractivity (Wildman–Crippen MR) is 50.6 cm³/mol. The number of nitrogens with zero attached hydrogens (tertiary/aromatic N) is 2. The minimum absolute atomic E-state index is 0.139. The van der Waals surface area contributed by atoms with Crippen LogP contribution in [0.1, 0.15) is 12.8 Å². The van der Waals surface area contributed by atoms with Crippen molar-refractivity contribution < 1.29 is 26.1 Å². The van der Waals surface area contributed by atoms with Gasteiger partial charge in [-0.3, -0.25) is 9.59 Å². The largest absolute Gasteiger partial charge is 0.579 e. The summed E-state index contributed by atoms with van der Waals surface area (Å²) in [7, 11) is 9.75. The summed E-state index contributed by atoms with van der Waals surface area (Å²) in [6, 6.07) is 0. The molecule has 2 aliphatic heterocycles. The standard InChI is InChI=1S/C6H8N4O2.2ClH.Pt/c7-9-4(11)1-3-2-5(12)10(8)6(3)9;;;/h3,6-8H,1-2H2;2*1H;/q-2;;;+4/p-2. The number of nitrogens with one attached hydrogen (secondary N) is 2. The summed E-state index contributed by atoms with van der Waals surface area (Å²) in [5.74, 6) is 13.8. The van der Waals surface area contributed by atoms with Crippen LogP contribution >= 0.6 is 18.8 Å². The maximum Gasteiger partial charge on any atom is 0.207 e. The van der Waals surface area contributed by atoms with E-state index in [1.54, 1.807) is 0 Å². The fraction of sp³-hybridized carbons (Fsp3) is 0.667. The molecule has 2 amide bonds. The van der Waals surface area contributed by atoms with E-state index in [1.165, 1.54) is 0 Å². The number of hydrogen-bond acceptors (Lipinski definition) is 2. The summed E-state index contributed by atoms with van der Waals surface area (Å²) in [6.45, 7) is 0. The van der Waals surface area contributed by atoms with Gasteiger partial charge in [-0.1, -0.05) is 0 Å². The fourth-order valence-electron chi connectivity index (χ4n) is 1.76. The Morgan fingerprint density at radius 1 is 1.13 bits per heavy atom. The van der Waals surface area contributed by atoms with Gasteiger partial charge in [-0.15, -0.1) is 0 Å². The van der Waals surface area contributed by atoms with Crippen molar-refractivity contribution in [2.24, 2.45) is 5.92 Å². The summed E-state index contributed by atoms with van der Waals surface area (Å²) in [6.07, 6.45) is -0.171. The van der Waals surface area contributed by atoms with E-state index in [4.69, 9.17) is 30.5 Å². The molecule has 0 aliphatic carbocycles. The van der Waals surface area contributed by atoms with Crippen LogP contribution in [0.4, 0.5) is 0 Å². The van der Waals surface area contributed by atoms with Gasteiger partial charge in [-0.05, 0) is 0 Å². The van der Waals surface area contributed by atoms with Crippen LogP contribution in [0.2, 0.25) is 0 Å². The molecule has 0 radical (unpaired) electrons. The number of carbonyl (C=O) groups is 2. The molecular formula is C6H8Cl2N4O2Pt. The molecule has 88 valence electrons. The average Bonchev–Trinajstić information content (AvgIpc) is 2.57. The Balaban J connectivity index is 0.000000337. The van der Waals surface area contributed by atoms with Gasteiger partial charge >= 0.3 is 35.3 Å². The topological polar surface area (TPSA) is 88.2 Å². The van der Waals surface area contributed by atoms with Crippen LogP contribution < -0.4 is 0 Å². The Morgan fingerprint density at radius 2 is 1.47 bits per heavy atom. The zero-order valence-corrected chi connectivity index (χ0v) is 11.1. The van der Waals surface area contributed by atoms with Crippen molar-refractivity contribution in [3.63, 3.8) is 0 Å². The van der Waals surface area contributed by atoms with Gasteiger partial charge in [0.25, 0.3) is 0 Å². The van der Waals surface area contributed by atoms with Gasteiger partial charge in [0.05, 0.1) is 6.17 Å². The third-order valence-electron chi connectivity index (χ3n) is 2.36. The van der Waals surface area contributed by atoms with E-state index in [1.807, 2.05) is 0 Å². The van der Waals surface area contributed by atoms with Gasteiger partial charge in [0, 0.05) is 18.8 Å². The number of fused-ring (bicyclic) bond motifs is 1. The van der Waals surface area contributed by atoms with Gasteiger partial charge in [0.15, 0.2) is 0 Å². The molecule has 2 heterocycles. The maximum atomic E-state index is 11.0. The molecule has 0 aromatic rings. The van der Waals surface area contributed by atoms with Gasteiger partial charge in [-0.25, -0.2) is 0 Å². The van der Waals surface area contributed by atoms with Gasteiger partial charge in [-0.2, -0.15) is 0 Å². The summed E-state index contributed by atoms with van der Waals surface area (Å²) >= 11 is -0.472. The first-order chi connectivity index (χ1) is 7.02. The number of carbonyl (C=O) groups excluding carboxylic acids is 2. The van der Waals surface area contributed by atoms with Crippen molar-refractivity contribution in [3.05, 3.63) is 11.7 Å². The molecule has 2 fully saturated rings. The van der Waals surface area contributed by atoms with E-state index < -0.39 is 22.6 Å². The number of halogens is 2. The quantitative estimate of drug-likeness (QED) is 0.581. The molecule has 2 rings (SSSR count). The molecule has 0 aromatic carbocycles. The molecule has 15 heavy (non-hydrogen) atoms. The van der Waals surface area contributed by atoms with Crippen molar-refractivity contribution in [1.82, 2.24) is 10.0 Å². The maximum absolute atomic E-state index is 11.0. The minimum atomic E-state index is -0.634. The Labute approximate surface area is 103 Å². The Bertz CT molecular complexity index is 256. The van der Waals surface area contributed by atoms with Crippen molar-refractivity contribution in [3.8, 4) is 0 Å². The first-order valence-electron chi connectivity index (χ1n) is 3.92. The summed E-state index contributed by atoms with van der Waals surface area (Å²) in [4.78, 5) is 21.9. The molecule has 0 atom stereocenters. The minimum Gasteiger partial charge on any atom is -0.579 e. The zero-order chi connectivity index (χ0) is 11.6. The van der Waals surface area contributed by atoms with Crippen LogP contribution in [-0.4, -0.2) is 28.0 Å². The van der Waals surface area contributed by atoms with Crippen molar-refractivity contribution >= 4 is 30.7 Å². The molecule has 0 spiro atoms. The van der Waals surface area contributed by atoms with Crippen LogP contribution in [0.15, 0.2) is 0 Å². The van der Waals surface area contributed by atoms with Gasteiger partial charge < -0.3 is 21.7 Å². The third kappa shape index (κ3) is 2.63. The molecule has 9 heteroatoms. The van der Waals surface area contributed by atoms with Crippen LogP contribution in [-0.2, 0) is 26.1 Å². The Kier molecular flexibility index (Phi) is 4.80. The van der Waals surface area contributed by atoms with Gasteiger partial charge in [0.1, 0.15) is 0 Å². The van der Waals surface area contributed by atoms with E-state index in [0.29, 0.717) is 0 Å². The van der Waals surface area contributed by atoms with Crippen LogP contribution in [0.3, 0.4) is 0 Å². The normalized spacial score (nSPS) is 29.3. The molecule has 2 saturated heterocycles. The molecule has 0 saturated carbocycles. The van der Waals surface area contributed by atoms with E-state index in [2.05, 4.69) is 0 Å². The van der Waals surface area contributed by atoms with E-state index in [-0.39, 0.29) is 30.6 Å². The van der Waals surface area contributed by atoms with Crippen LogP contribution in [0, 0.1) is 5.92 Å². The second-order valence-electron chi connectivity index (χ2n) is 3.15. The van der Waals surface area contributed by atoms with E-state index in [0.717, 1.165) is 10.0 Å². The SMILES string of the molecule is [Cl][Pt+2][Cl].[NH-]N1C(=O)CC2CC(=O)N([NH-])C21. The summed E-state index contributed by atoms with van der Waals surface area (Å²) in [5.41, 5.74) is 0. The van der Waals surface area contributed by atoms with Crippen LogP contribution in [0.5, 0.6) is 0 Å². The molecule has 0 aromatic heterocycles. The second kappa shape index (κ2) is 5.45. The third-order valence-corrected chi connectivity index (χ3v) is 2.36. The first-order valence-corrected chi connectivity index (χ1v) is 9.55. The molecular weight excluding hydrogens is 426 g/mol. The second-order valence-corrected chi connectivity index (χ2v) is 6.44. The molecule has 0 bridgehead atoms. The Morgan fingerprint density at radius 3 is 1.73 bits per heavy atom. The smallest absolute Gasteiger partial charge is 0.207 e. The Hall–Kier alpha value is 0.128. The summed E-state index contributed by atoms with van der Waals surface area (Å²) < 4.78 is 0. The number of rotatable bonds is 0. The van der Waals surface area contributed by atoms with Gasteiger partial charge in [0.2, 0.25) is 11.8 Å². The first kappa shape index (κ1) is 13.2. The van der Waals surface area contributed by atoms with E-state index in [9.17, 15) is 9.59 Å². The van der Waals surface area contributed by atoms with E-state index >= 15 is 0 Å². The van der Waals surface area contributed by atoms with Crippen molar-refractivity contribution in [1.29, 1.82) is 0 Å². The molecule has 0 unspecified atom stereocenters.